The van der Waals surface area contributed by atoms with E-state index in [1.807, 2.05) is 0 Å². The molecule has 0 saturated heterocycles. The molecule has 0 bridgehead atoms. The normalized spacial score (nSPS) is 14.5. The molecule has 2 heterocycles. The van der Waals surface area contributed by atoms with Crippen LogP contribution in [0.25, 0.3) is 5.13 Å². The van der Waals surface area contributed by atoms with Crippen LogP contribution in [0.4, 0.5) is 0 Å². The summed E-state index contributed by atoms with van der Waals surface area (Å²) in [4.78, 5) is 16.8. The molecule has 1 aliphatic carbocycles. The summed E-state index contributed by atoms with van der Waals surface area (Å²) < 4.78 is 1.52. The van der Waals surface area contributed by atoms with Crippen molar-refractivity contribution in [2.45, 2.75) is 32.6 Å². The Hall–Kier alpha value is -1.76. The number of fused-ring (bicyclic) bond motifs is 1. The Balaban J connectivity index is 2.04. The first-order valence-electron chi connectivity index (χ1n) is 5.81. The van der Waals surface area contributed by atoms with Crippen LogP contribution < -0.4 is 0 Å². The minimum Gasteiger partial charge on any atom is -0.476 e. The topological polar surface area (TPSA) is 80.9 Å². The molecule has 2 aromatic heterocycles. The summed E-state index contributed by atoms with van der Waals surface area (Å²) in [6.07, 6.45) is 4.44. The summed E-state index contributed by atoms with van der Waals surface area (Å²) in [5, 5.41) is 17.2. The molecule has 94 valence electrons. The Morgan fingerprint density at radius 1 is 1.39 bits per heavy atom. The van der Waals surface area contributed by atoms with Crippen molar-refractivity contribution in [3.05, 3.63) is 22.0 Å². The van der Waals surface area contributed by atoms with Crippen LogP contribution in [0.1, 0.15) is 39.6 Å². The van der Waals surface area contributed by atoms with E-state index < -0.39 is 5.97 Å². The summed E-state index contributed by atoms with van der Waals surface area (Å²) >= 11 is 1.58. The Morgan fingerprint density at radius 3 is 2.83 bits per heavy atom. The van der Waals surface area contributed by atoms with E-state index in [9.17, 15) is 4.79 Å². The summed E-state index contributed by atoms with van der Waals surface area (Å²) in [5.41, 5.74) is 1.64. The zero-order chi connectivity index (χ0) is 12.7. The molecule has 6 nitrogen and oxygen atoms in total. The van der Waals surface area contributed by atoms with Gasteiger partial charge in [0, 0.05) is 4.88 Å². The van der Waals surface area contributed by atoms with Gasteiger partial charge < -0.3 is 5.11 Å². The number of hydrogen-bond acceptors (Lipinski definition) is 5. The molecule has 0 aliphatic heterocycles. The average Bonchev–Trinajstić information content (AvgIpc) is 2.91. The van der Waals surface area contributed by atoms with Crippen LogP contribution in [0.15, 0.2) is 0 Å². The number of carboxylic acids is 1. The lowest BCUT2D eigenvalue weighted by molar-refractivity contribution is 0.0689. The van der Waals surface area contributed by atoms with Gasteiger partial charge in [-0.15, -0.1) is 5.10 Å². The highest BCUT2D eigenvalue weighted by Gasteiger charge is 2.21. The Kier molecular flexibility index (Phi) is 2.62. The molecule has 1 N–H and O–H groups in total. The lowest BCUT2D eigenvalue weighted by Gasteiger charge is -2.06. The maximum absolute atomic E-state index is 10.9. The zero-order valence-electron chi connectivity index (χ0n) is 9.88. The molecule has 0 fully saturated rings. The van der Waals surface area contributed by atoms with Crippen LogP contribution in [0.5, 0.6) is 0 Å². The molecule has 1 aliphatic rings. The van der Waals surface area contributed by atoms with Gasteiger partial charge in [0.05, 0.1) is 11.4 Å². The molecule has 3 rings (SSSR count). The zero-order valence-corrected chi connectivity index (χ0v) is 10.7. The van der Waals surface area contributed by atoms with Crippen LogP contribution in [0.3, 0.4) is 0 Å². The molecule has 2 aromatic rings. The fraction of sp³-hybridized carbons (Fsp3) is 0.455. The highest BCUT2D eigenvalue weighted by molar-refractivity contribution is 7.14. The van der Waals surface area contributed by atoms with E-state index in [-0.39, 0.29) is 5.69 Å². The van der Waals surface area contributed by atoms with Crippen molar-refractivity contribution >= 4 is 17.3 Å². The molecule has 0 atom stereocenters. The predicted molar refractivity (Wildman–Crippen MR) is 65.4 cm³/mol. The van der Waals surface area contributed by atoms with Crippen LogP contribution in [-0.4, -0.2) is 31.1 Å². The van der Waals surface area contributed by atoms with Gasteiger partial charge in [-0.2, -0.15) is 4.68 Å². The Morgan fingerprint density at radius 2 is 2.17 bits per heavy atom. The minimum atomic E-state index is -1.06. The van der Waals surface area contributed by atoms with Crippen LogP contribution in [0.2, 0.25) is 0 Å². The number of nitrogens with zero attached hydrogens (tertiary/aromatic N) is 4. The van der Waals surface area contributed by atoms with Crippen LogP contribution in [-0.2, 0) is 12.8 Å². The predicted octanol–water partition coefficient (Wildman–Crippen LogP) is 1.61. The van der Waals surface area contributed by atoms with Gasteiger partial charge in [-0.1, -0.05) is 16.6 Å². The second kappa shape index (κ2) is 4.16. The maximum Gasteiger partial charge on any atom is 0.358 e. The van der Waals surface area contributed by atoms with Gasteiger partial charge >= 0.3 is 5.97 Å². The van der Waals surface area contributed by atoms with Crippen molar-refractivity contribution in [3.8, 4) is 5.13 Å². The largest absolute Gasteiger partial charge is 0.476 e. The van der Waals surface area contributed by atoms with E-state index in [4.69, 9.17) is 5.11 Å². The SMILES string of the molecule is Cc1c(C(=O)O)nnn1-c1nc2c(s1)CCCC2. The van der Waals surface area contributed by atoms with Gasteiger partial charge in [-0.3, -0.25) is 0 Å². The fourth-order valence-electron chi connectivity index (χ4n) is 2.14. The van der Waals surface area contributed by atoms with E-state index in [0.29, 0.717) is 5.69 Å². The second-order valence-electron chi connectivity index (χ2n) is 4.31. The van der Waals surface area contributed by atoms with Gasteiger partial charge in [0.25, 0.3) is 0 Å². The van der Waals surface area contributed by atoms with Crippen molar-refractivity contribution < 1.29 is 9.90 Å². The van der Waals surface area contributed by atoms with Crippen LogP contribution in [0, 0.1) is 6.92 Å². The highest BCUT2D eigenvalue weighted by atomic mass is 32.1. The first-order valence-corrected chi connectivity index (χ1v) is 6.63. The third-order valence-corrected chi connectivity index (χ3v) is 4.25. The molecule has 0 saturated carbocycles. The maximum atomic E-state index is 10.9. The van der Waals surface area contributed by atoms with Crippen molar-refractivity contribution in [1.29, 1.82) is 0 Å². The average molecular weight is 264 g/mol. The number of thiazole rings is 1. The van der Waals surface area contributed by atoms with Gasteiger partial charge in [0.2, 0.25) is 5.13 Å². The third kappa shape index (κ3) is 1.71. The highest BCUT2D eigenvalue weighted by Crippen LogP contribution is 2.29. The van der Waals surface area contributed by atoms with Crippen LogP contribution >= 0.6 is 11.3 Å². The van der Waals surface area contributed by atoms with E-state index >= 15 is 0 Å². The number of hydrogen-bond donors (Lipinski definition) is 1. The first kappa shape index (κ1) is 11.3. The first-order chi connectivity index (χ1) is 8.66. The second-order valence-corrected chi connectivity index (χ2v) is 5.38. The lowest BCUT2D eigenvalue weighted by Crippen LogP contribution is -2.03. The Labute approximate surface area is 107 Å². The molecular formula is C11H12N4O2S. The van der Waals surface area contributed by atoms with E-state index in [1.54, 1.807) is 18.3 Å². The molecule has 0 spiro atoms. The monoisotopic (exact) mass is 264 g/mol. The van der Waals surface area contributed by atoms with Gasteiger partial charge in [0.15, 0.2) is 5.69 Å². The smallest absolute Gasteiger partial charge is 0.358 e. The molecular weight excluding hydrogens is 252 g/mol. The van der Waals surface area contributed by atoms with Gasteiger partial charge in [-0.25, -0.2) is 9.78 Å². The number of aryl methyl sites for hydroxylation is 2. The van der Waals surface area contributed by atoms with E-state index in [2.05, 4.69) is 15.3 Å². The number of carbonyl (C=O) groups is 1. The molecule has 0 aromatic carbocycles. The lowest BCUT2D eigenvalue weighted by atomic mass is 10.0. The standard InChI is InChI=1S/C11H12N4O2S/c1-6-9(10(16)17)13-14-15(6)11-12-7-4-2-3-5-8(7)18-11/h2-5H2,1H3,(H,16,17). The molecule has 7 heteroatoms. The molecule has 0 radical (unpaired) electrons. The summed E-state index contributed by atoms with van der Waals surface area (Å²) in [6.45, 7) is 1.70. The molecule has 18 heavy (non-hydrogen) atoms. The number of aromatic carboxylic acids is 1. The number of aromatic nitrogens is 4. The van der Waals surface area contributed by atoms with Crippen molar-refractivity contribution in [2.75, 3.05) is 0 Å². The summed E-state index contributed by atoms with van der Waals surface area (Å²) in [7, 11) is 0. The quantitative estimate of drug-likeness (QED) is 0.891. The fourth-order valence-corrected chi connectivity index (χ4v) is 3.29. The van der Waals surface area contributed by atoms with E-state index in [1.165, 1.54) is 22.4 Å². The third-order valence-electron chi connectivity index (χ3n) is 3.11. The number of rotatable bonds is 2. The van der Waals surface area contributed by atoms with E-state index in [0.717, 1.165) is 23.7 Å². The molecule has 0 unspecified atom stereocenters. The van der Waals surface area contributed by atoms with Crippen molar-refractivity contribution in [3.63, 3.8) is 0 Å². The Bertz CT molecular complexity index is 593. The van der Waals surface area contributed by atoms with Gasteiger partial charge in [0.1, 0.15) is 0 Å². The number of carboxylic acid groups (broad SMARTS) is 1. The van der Waals surface area contributed by atoms with Crippen molar-refractivity contribution in [2.24, 2.45) is 0 Å². The van der Waals surface area contributed by atoms with Gasteiger partial charge in [-0.05, 0) is 32.6 Å². The molecule has 0 amide bonds. The summed E-state index contributed by atoms with van der Waals surface area (Å²) in [5.74, 6) is -1.06. The minimum absolute atomic E-state index is 0.0110. The van der Waals surface area contributed by atoms with Crippen molar-refractivity contribution in [1.82, 2.24) is 20.0 Å². The summed E-state index contributed by atoms with van der Waals surface area (Å²) in [6, 6.07) is 0.